The summed E-state index contributed by atoms with van der Waals surface area (Å²) in [6.45, 7) is 4.28. The highest BCUT2D eigenvalue weighted by Crippen LogP contribution is 2.66. The van der Waals surface area contributed by atoms with E-state index >= 15 is 0 Å². The summed E-state index contributed by atoms with van der Waals surface area (Å²) in [7, 11) is 1.59. The Labute approximate surface area is 181 Å². The number of methoxy groups -OCH3 is 1. The van der Waals surface area contributed by atoms with Gasteiger partial charge in [-0.05, 0) is 34.4 Å². The molecule has 0 saturated carbocycles. The van der Waals surface area contributed by atoms with Crippen LogP contribution in [0.1, 0.15) is 36.1 Å². The van der Waals surface area contributed by atoms with Gasteiger partial charge in [-0.2, -0.15) is 0 Å². The SMILES string of the molecule is COc1cccc(N2C(=O)[C@@H]3[C@H](C2=O)C2(C)c4ccccc4C3(C)c3ccccc32)c1. The van der Waals surface area contributed by atoms with E-state index in [0.29, 0.717) is 11.4 Å². The molecule has 2 atom stereocenters. The Kier molecular flexibility index (Phi) is 3.47. The summed E-state index contributed by atoms with van der Waals surface area (Å²) in [6, 6.07) is 23.9. The van der Waals surface area contributed by atoms with E-state index in [1.54, 1.807) is 13.2 Å². The zero-order valence-electron chi connectivity index (χ0n) is 17.8. The van der Waals surface area contributed by atoms with Crippen LogP contribution in [-0.4, -0.2) is 18.9 Å². The Morgan fingerprint density at radius 3 is 1.58 bits per heavy atom. The topological polar surface area (TPSA) is 46.6 Å². The van der Waals surface area contributed by atoms with Crippen molar-refractivity contribution in [1.82, 2.24) is 0 Å². The molecule has 1 heterocycles. The molecule has 0 spiro atoms. The molecule has 3 aliphatic carbocycles. The Bertz CT molecular complexity index is 1160. The average molecular weight is 409 g/mol. The minimum atomic E-state index is -0.560. The molecule has 3 aromatic rings. The van der Waals surface area contributed by atoms with Gasteiger partial charge in [0.25, 0.3) is 0 Å². The van der Waals surface area contributed by atoms with Gasteiger partial charge in [0.1, 0.15) is 5.75 Å². The number of nitrogens with zero attached hydrogens (tertiary/aromatic N) is 1. The van der Waals surface area contributed by atoms with Crippen LogP contribution in [-0.2, 0) is 20.4 Å². The highest BCUT2D eigenvalue weighted by molar-refractivity contribution is 6.24. The molecule has 1 saturated heterocycles. The van der Waals surface area contributed by atoms with Gasteiger partial charge in [-0.3, -0.25) is 9.59 Å². The summed E-state index contributed by atoms with van der Waals surface area (Å²) >= 11 is 0. The molecular weight excluding hydrogens is 386 g/mol. The van der Waals surface area contributed by atoms with E-state index in [-0.39, 0.29) is 11.8 Å². The quantitative estimate of drug-likeness (QED) is 0.588. The van der Waals surface area contributed by atoms with Crippen LogP contribution >= 0.6 is 0 Å². The van der Waals surface area contributed by atoms with Gasteiger partial charge < -0.3 is 4.74 Å². The van der Waals surface area contributed by atoms with Crippen LogP contribution in [0.5, 0.6) is 5.75 Å². The number of hydrogen-bond acceptors (Lipinski definition) is 3. The van der Waals surface area contributed by atoms with E-state index in [2.05, 4.69) is 38.1 Å². The molecule has 4 aliphatic rings. The van der Waals surface area contributed by atoms with Crippen molar-refractivity contribution in [3.05, 3.63) is 95.1 Å². The number of benzene rings is 3. The van der Waals surface area contributed by atoms with E-state index in [1.165, 1.54) is 4.90 Å². The summed E-state index contributed by atoms with van der Waals surface area (Å²) in [5.41, 5.74) is 4.09. The second-order valence-electron chi connectivity index (χ2n) is 9.16. The minimum Gasteiger partial charge on any atom is -0.497 e. The highest BCUT2D eigenvalue weighted by atomic mass is 16.5. The molecule has 2 bridgehead atoms. The van der Waals surface area contributed by atoms with Crippen molar-refractivity contribution < 1.29 is 14.3 Å². The monoisotopic (exact) mass is 409 g/mol. The van der Waals surface area contributed by atoms with Crippen LogP contribution in [0.15, 0.2) is 72.8 Å². The number of rotatable bonds is 2. The summed E-state index contributed by atoms with van der Waals surface area (Å²) < 4.78 is 5.35. The number of amides is 2. The largest absolute Gasteiger partial charge is 0.497 e. The van der Waals surface area contributed by atoms with Gasteiger partial charge in [-0.15, -0.1) is 0 Å². The second-order valence-corrected chi connectivity index (χ2v) is 9.16. The standard InChI is InChI=1S/C27H23NO3/c1-26-18-11-4-6-13-20(18)27(2,21-14-7-5-12-19(21)26)23-22(26)24(29)28(25(23)30)16-9-8-10-17(15-16)31-3/h4-15,22-23H,1-3H3/t22-,23+,26?,27?. The Morgan fingerprint density at radius 1 is 0.710 bits per heavy atom. The molecule has 154 valence electrons. The molecule has 1 aliphatic heterocycles. The lowest BCUT2D eigenvalue weighted by Gasteiger charge is -2.57. The third-order valence-corrected chi connectivity index (χ3v) is 7.95. The number of hydrogen-bond donors (Lipinski definition) is 0. The zero-order valence-corrected chi connectivity index (χ0v) is 17.8. The van der Waals surface area contributed by atoms with Crippen LogP contribution in [0.2, 0.25) is 0 Å². The van der Waals surface area contributed by atoms with Gasteiger partial charge in [0, 0.05) is 16.9 Å². The van der Waals surface area contributed by atoms with Crippen molar-refractivity contribution in [2.45, 2.75) is 24.7 Å². The Hall–Kier alpha value is -3.40. The fraction of sp³-hybridized carbons (Fsp3) is 0.259. The van der Waals surface area contributed by atoms with E-state index in [4.69, 9.17) is 4.74 Å². The first-order chi connectivity index (χ1) is 14.9. The second kappa shape index (κ2) is 5.85. The van der Waals surface area contributed by atoms with Gasteiger partial charge in [0.15, 0.2) is 0 Å². The Balaban J connectivity index is 1.64. The van der Waals surface area contributed by atoms with E-state index in [9.17, 15) is 9.59 Å². The van der Waals surface area contributed by atoms with Crippen LogP contribution in [0, 0.1) is 11.8 Å². The molecule has 31 heavy (non-hydrogen) atoms. The molecule has 0 unspecified atom stereocenters. The van der Waals surface area contributed by atoms with E-state index < -0.39 is 22.7 Å². The summed E-state index contributed by atoms with van der Waals surface area (Å²) in [5.74, 6) is -0.510. The number of ether oxygens (including phenoxy) is 1. The molecule has 4 heteroatoms. The van der Waals surface area contributed by atoms with Gasteiger partial charge in [0.05, 0.1) is 24.6 Å². The number of carbonyl (C=O) groups is 2. The van der Waals surface area contributed by atoms with Crippen LogP contribution < -0.4 is 9.64 Å². The summed E-state index contributed by atoms with van der Waals surface area (Å²) in [5, 5.41) is 0. The fourth-order valence-corrected chi connectivity index (χ4v) is 6.57. The van der Waals surface area contributed by atoms with Gasteiger partial charge in [-0.25, -0.2) is 4.90 Å². The molecule has 2 amide bonds. The van der Waals surface area contributed by atoms with Gasteiger partial charge in [-0.1, -0.05) is 68.4 Å². The first-order valence-corrected chi connectivity index (χ1v) is 10.7. The lowest BCUT2D eigenvalue weighted by molar-refractivity contribution is -0.124. The number of anilines is 1. The van der Waals surface area contributed by atoms with Crippen LogP contribution in [0.4, 0.5) is 5.69 Å². The molecule has 7 rings (SSSR count). The lowest BCUT2D eigenvalue weighted by atomic mass is 9.42. The van der Waals surface area contributed by atoms with E-state index in [1.807, 2.05) is 42.5 Å². The molecule has 0 N–H and O–H groups in total. The van der Waals surface area contributed by atoms with Crippen LogP contribution in [0.3, 0.4) is 0 Å². The van der Waals surface area contributed by atoms with Crippen LogP contribution in [0.25, 0.3) is 0 Å². The molecular formula is C27H23NO3. The molecule has 1 fully saturated rings. The predicted molar refractivity (Wildman–Crippen MR) is 118 cm³/mol. The van der Waals surface area contributed by atoms with Gasteiger partial charge >= 0.3 is 0 Å². The van der Waals surface area contributed by atoms with Crippen molar-refractivity contribution in [1.29, 1.82) is 0 Å². The number of imide groups is 1. The average Bonchev–Trinajstić information content (AvgIpc) is 3.08. The smallest absolute Gasteiger partial charge is 0.238 e. The minimum absolute atomic E-state index is 0.124. The Morgan fingerprint density at radius 2 is 1.16 bits per heavy atom. The first kappa shape index (κ1) is 18.4. The first-order valence-electron chi connectivity index (χ1n) is 10.7. The molecule has 0 aromatic heterocycles. The molecule has 0 radical (unpaired) electrons. The lowest BCUT2D eigenvalue weighted by Crippen LogP contribution is -2.59. The summed E-state index contributed by atoms with van der Waals surface area (Å²) in [6.07, 6.45) is 0. The van der Waals surface area contributed by atoms with Crippen molar-refractivity contribution in [2.24, 2.45) is 11.8 Å². The van der Waals surface area contributed by atoms with E-state index in [0.717, 1.165) is 22.3 Å². The number of carbonyl (C=O) groups excluding carboxylic acids is 2. The van der Waals surface area contributed by atoms with Crippen molar-refractivity contribution >= 4 is 17.5 Å². The zero-order chi connectivity index (χ0) is 21.5. The maximum Gasteiger partial charge on any atom is 0.238 e. The van der Waals surface area contributed by atoms with Gasteiger partial charge in [0.2, 0.25) is 11.8 Å². The maximum absolute atomic E-state index is 14.0. The van der Waals surface area contributed by atoms with Crippen molar-refractivity contribution in [3.8, 4) is 5.75 Å². The third kappa shape index (κ3) is 1.96. The fourth-order valence-electron chi connectivity index (χ4n) is 6.57. The normalized spacial score (nSPS) is 30.1. The van der Waals surface area contributed by atoms with Crippen molar-refractivity contribution in [2.75, 3.05) is 12.0 Å². The maximum atomic E-state index is 14.0. The third-order valence-electron chi connectivity index (χ3n) is 7.95. The molecule has 3 aromatic carbocycles. The highest BCUT2D eigenvalue weighted by Gasteiger charge is 2.70. The predicted octanol–water partition coefficient (Wildman–Crippen LogP) is 4.44. The molecule has 4 nitrogen and oxygen atoms in total. The summed E-state index contributed by atoms with van der Waals surface area (Å²) in [4.78, 5) is 29.3. The van der Waals surface area contributed by atoms with Crippen molar-refractivity contribution in [3.63, 3.8) is 0 Å².